The van der Waals surface area contributed by atoms with Crippen LogP contribution in [0, 0.1) is 12.7 Å². The molecule has 0 bridgehead atoms. The van der Waals surface area contributed by atoms with E-state index in [-0.39, 0.29) is 22.6 Å². The second kappa shape index (κ2) is 10.1. The molecule has 0 unspecified atom stereocenters. The SMILES string of the molecule is Cc1ccc(C(=O)c2ccccc2C(=O)OCC(=O)NC(=O)Nc2ccccc2F)cc1. The van der Waals surface area contributed by atoms with Crippen LogP contribution in [0.15, 0.2) is 72.8 Å². The molecule has 0 radical (unpaired) electrons. The fourth-order valence-corrected chi connectivity index (χ4v) is 2.81. The van der Waals surface area contributed by atoms with E-state index in [9.17, 15) is 23.6 Å². The fourth-order valence-electron chi connectivity index (χ4n) is 2.81. The van der Waals surface area contributed by atoms with Crippen LogP contribution >= 0.6 is 0 Å². The molecule has 2 N–H and O–H groups in total. The van der Waals surface area contributed by atoms with Crippen LogP contribution < -0.4 is 10.6 Å². The predicted octanol–water partition coefficient (Wildman–Crippen LogP) is 3.87. The zero-order valence-corrected chi connectivity index (χ0v) is 17.1. The quantitative estimate of drug-likeness (QED) is 0.453. The summed E-state index contributed by atoms with van der Waals surface area (Å²) in [5.74, 6) is -2.86. The zero-order chi connectivity index (χ0) is 23.1. The lowest BCUT2D eigenvalue weighted by Crippen LogP contribution is -2.37. The number of aryl methyl sites for hydroxylation is 1. The molecule has 0 saturated carbocycles. The van der Waals surface area contributed by atoms with Crippen molar-refractivity contribution >= 4 is 29.4 Å². The van der Waals surface area contributed by atoms with Gasteiger partial charge in [0.05, 0.1) is 11.3 Å². The molecule has 3 amide bonds. The van der Waals surface area contributed by atoms with Gasteiger partial charge in [0.15, 0.2) is 12.4 Å². The van der Waals surface area contributed by atoms with Gasteiger partial charge in [0.2, 0.25) is 0 Å². The van der Waals surface area contributed by atoms with E-state index in [0.717, 1.165) is 11.6 Å². The lowest BCUT2D eigenvalue weighted by Gasteiger charge is -2.10. The summed E-state index contributed by atoms with van der Waals surface area (Å²) in [6.07, 6.45) is 0. The van der Waals surface area contributed by atoms with Gasteiger partial charge < -0.3 is 10.1 Å². The summed E-state index contributed by atoms with van der Waals surface area (Å²) in [7, 11) is 0. The molecule has 32 heavy (non-hydrogen) atoms. The van der Waals surface area contributed by atoms with Crippen LogP contribution in [0.2, 0.25) is 0 Å². The van der Waals surface area contributed by atoms with Crippen LogP contribution in [0.3, 0.4) is 0 Å². The van der Waals surface area contributed by atoms with E-state index in [0.29, 0.717) is 5.56 Å². The number of carbonyl (C=O) groups excluding carboxylic acids is 4. The third-order valence-electron chi connectivity index (χ3n) is 4.41. The summed E-state index contributed by atoms with van der Waals surface area (Å²) in [5, 5.41) is 4.11. The smallest absolute Gasteiger partial charge is 0.339 e. The molecule has 8 heteroatoms. The summed E-state index contributed by atoms with van der Waals surface area (Å²) < 4.78 is 18.5. The number of urea groups is 1. The highest BCUT2D eigenvalue weighted by molar-refractivity contribution is 6.14. The molecular formula is C24H19FN2O5. The van der Waals surface area contributed by atoms with Crippen molar-refractivity contribution in [1.29, 1.82) is 0 Å². The Labute approximate surface area is 183 Å². The van der Waals surface area contributed by atoms with Crippen molar-refractivity contribution in [2.45, 2.75) is 6.92 Å². The molecule has 162 valence electrons. The van der Waals surface area contributed by atoms with E-state index in [4.69, 9.17) is 4.74 Å². The van der Waals surface area contributed by atoms with Gasteiger partial charge >= 0.3 is 12.0 Å². The fraction of sp³-hybridized carbons (Fsp3) is 0.0833. The van der Waals surface area contributed by atoms with Gasteiger partial charge in [-0.15, -0.1) is 0 Å². The minimum absolute atomic E-state index is 0.0123. The lowest BCUT2D eigenvalue weighted by molar-refractivity contribution is -0.123. The van der Waals surface area contributed by atoms with Crippen molar-refractivity contribution < 1.29 is 28.3 Å². The summed E-state index contributed by atoms with van der Waals surface area (Å²) in [6.45, 7) is 1.12. The topological polar surface area (TPSA) is 102 Å². The lowest BCUT2D eigenvalue weighted by atomic mass is 9.98. The minimum Gasteiger partial charge on any atom is -0.452 e. The molecule has 0 spiro atoms. The number of hydrogen-bond acceptors (Lipinski definition) is 5. The van der Waals surface area contributed by atoms with Gasteiger partial charge in [0, 0.05) is 11.1 Å². The Morgan fingerprint density at radius 1 is 0.844 bits per heavy atom. The zero-order valence-electron chi connectivity index (χ0n) is 17.1. The van der Waals surface area contributed by atoms with Crippen LogP contribution in [0.1, 0.15) is 31.8 Å². The van der Waals surface area contributed by atoms with Gasteiger partial charge in [-0.1, -0.05) is 60.2 Å². The van der Waals surface area contributed by atoms with Gasteiger partial charge in [0.25, 0.3) is 5.91 Å². The Morgan fingerprint density at radius 3 is 2.16 bits per heavy atom. The van der Waals surface area contributed by atoms with Crippen molar-refractivity contribution in [2.24, 2.45) is 0 Å². The molecule has 7 nitrogen and oxygen atoms in total. The van der Waals surface area contributed by atoms with Gasteiger partial charge in [0.1, 0.15) is 5.82 Å². The van der Waals surface area contributed by atoms with Gasteiger partial charge in [-0.3, -0.25) is 14.9 Å². The molecule has 0 heterocycles. The Bertz CT molecular complexity index is 1180. The Morgan fingerprint density at radius 2 is 1.47 bits per heavy atom. The highest BCUT2D eigenvalue weighted by Gasteiger charge is 2.20. The number of para-hydroxylation sites is 1. The first-order valence-electron chi connectivity index (χ1n) is 9.58. The van der Waals surface area contributed by atoms with E-state index in [1.165, 1.54) is 30.3 Å². The second-order valence-electron chi connectivity index (χ2n) is 6.80. The molecule has 0 aliphatic heterocycles. The molecule has 0 saturated heterocycles. The van der Waals surface area contributed by atoms with Crippen molar-refractivity contribution in [3.05, 3.63) is 101 Å². The van der Waals surface area contributed by atoms with Crippen LogP contribution in [0.5, 0.6) is 0 Å². The normalized spacial score (nSPS) is 10.2. The van der Waals surface area contributed by atoms with E-state index in [2.05, 4.69) is 5.32 Å². The highest BCUT2D eigenvalue weighted by Crippen LogP contribution is 2.16. The Balaban J connectivity index is 1.61. The van der Waals surface area contributed by atoms with Crippen LogP contribution in [-0.2, 0) is 9.53 Å². The Kier molecular flexibility index (Phi) is 7.07. The molecule has 3 aromatic rings. The number of amides is 3. The van der Waals surface area contributed by atoms with Crippen molar-refractivity contribution in [1.82, 2.24) is 5.32 Å². The standard InChI is InChI=1S/C24H19FN2O5/c1-15-10-12-16(13-11-15)22(29)17-6-2-3-7-18(17)23(30)32-14-21(28)27-24(31)26-20-9-5-4-8-19(20)25/h2-13H,14H2,1H3,(H2,26,27,28,31). The Hall–Kier alpha value is -4.33. The van der Waals surface area contributed by atoms with E-state index >= 15 is 0 Å². The van der Waals surface area contributed by atoms with E-state index in [1.54, 1.807) is 36.4 Å². The molecular weight excluding hydrogens is 415 g/mol. The molecule has 0 aliphatic rings. The molecule has 0 aromatic heterocycles. The van der Waals surface area contributed by atoms with Crippen LogP contribution in [-0.4, -0.2) is 30.3 Å². The maximum absolute atomic E-state index is 13.6. The summed E-state index contributed by atoms with van der Waals surface area (Å²) in [4.78, 5) is 49.0. The van der Waals surface area contributed by atoms with Gasteiger partial charge in [-0.05, 0) is 25.1 Å². The maximum atomic E-state index is 13.6. The monoisotopic (exact) mass is 434 g/mol. The summed E-state index contributed by atoms with van der Waals surface area (Å²) in [5.41, 5.74) is 1.39. The number of ether oxygens (including phenoxy) is 1. The number of rotatable bonds is 6. The molecule has 3 aromatic carbocycles. The number of esters is 1. The number of anilines is 1. The first-order valence-corrected chi connectivity index (χ1v) is 9.58. The van der Waals surface area contributed by atoms with Crippen molar-refractivity contribution in [3.8, 4) is 0 Å². The first-order chi connectivity index (χ1) is 15.3. The maximum Gasteiger partial charge on any atom is 0.339 e. The second-order valence-corrected chi connectivity index (χ2v) is 6.80. The summed E-state index contributed by atoms with van der Waals surface area (Å²) in [6, 6.07) is 17.4. The van der Waals surface area contributed by atoms with E-state index < -0.39 is 30.3 Å². The van der Waals surface area contributed by atoms with Gasteiger partial charge in [-0.25, -0.2) is 14.0 Å². The summed E-state index contributed by atoms with van der Waals surface area (Å²) >= 11 is 0. The van der Waals surface area contributed by atoms with Crippen LogP contribution in [0.25, 0.3) is 0 Å². The number of hydrogen-bond donors (Lipinski definition) is 2. The third-order valence-corrected chi connectivity index (χ3v) is 4.41. The van der Waals surface area contributed by atoms with Crippen LogP contribution in [0.4, 0.5) is 14.9 Å². The largest absolute Gasteiger partial charge is 0.452 e. The number of halogens is 1. The first kappa shape index (κ1) is 22.4. The predicted molar refractivity (Wildman–Crippen MR) is 115 cm³/mol. The molecule has 0 aliphatic carbocycles. The molecule has 0 fully saturated rings. The number of imide groups is 1. The highest BCUT2D eigenvalue weighted by atomic mass is 19.1. The van der Waals surface area contributed by atoms with Gasteiger partial charge in [-0.2, -0.15) is 0 Å². The van der Waals surface area contributed by atoms with Crippen molar-refractivity contribution in [3.63, 3.8) is 0 Å². The number of benzene rings is 3. The molecule has 3 rings (SSSR count). The molecule has 0 atom stereocenters. The number of ketones is 1. The number of nitrogens with one attached hydrogen (secondary N) is 2. The minimum atomic E-state index is -0.980. The number of carbonyl (C=O) groups is 4. The van der Waals surface area contributed by atoms with Crippen molar-refractivity contribution in [2.75, 3.05) is 11.9 Å². The average Bonchev–Trinajstić information content (AvgIpc) is 2.79. The van der Waals surface area contributed by atoms with E-state index in [1.807, 2.05) is 12.2 Å². The average molecular weight is 434 g/mol. The third kappa shape index (κ3) is 5.63.